The number of esters is 1. The second kappa shape index (κ2) is 7.44. The number of thiazole rings is 1. The van der Waals surface area contributed by atoms with Crippen molar-refractivity contribution in [2.75, 3.05) is 12.4 Å². The first kappa shape index (κ1) is 17.9. The van der Waals surface area contributed by atoms with Gasteiger partial charge in [-0.25, -0.2) is 4.98 Å². The minimum absolute atomic E-state index is 0.278. The van der Waals surface area contributed by atoms with Crippen LogP contribution in [0.25, 0.3) is 0 Å². The number of hydrogen-bond donors (Lipinski definition) is 2. The Bertz CT molecular complexity index is 738. The minimum atomic E-state index is -0.736. The summed E-state index contributed by atoms with van der Waals surface area (Å²) < 4.78 is 4.98. The molecule has 24 heavy (non-hydrogen) atoms. The van der Waals surface area contributed by atoms with E-state index < -0.39 is 11.3 Å². The molecule has 0 saturated heterocycles. The molecule has 0 atom stereocenters. The molecular formula is C17H21N3O3S. The van der Waals surface area contributed by atoms with E-state index in [9.17, 15) is 9.59 Å². The van der Waals surface area contributed by atoms with Gasteiger partial charge in [0.1, 0.15) is 5.41 Å². The number of nitrogens with one attached hydrogen (secondary N) is 1. The third kappa shape index (κ3) is 3.41. The highest BCUT2D eigenvalue weighted by Gasteiger charge is 2.40. The number of rotatable bonds is 7. The van der Waals surface area contributed by atoms with Gasteiger partial charge in [-0.1, -0.05) is 19.9 Å². The molecule has 0 aliphatic carbocycles. The molecule has 1 heterocycles. The van der Waals surface area contributed by atoms with Crippen molar-refractivity contribution in [2.24, 2.45) is 5.73 Å². The quantitative estimate of drug-likeness (QED) is 0.750. The van der Waals surface area contributed by atoms with E-state index in [0.29, 0.717) is 34.9 Å². The lowest BCUT2D eigenvalue weighted by atomic mass is 9.80. The molecule has 2 rings (SSSR count). The standard InChI is InChI=1S/C17H21N3O3S/c1-4-17(5-2,15(22)23-3)13-10-24-16(20-13)19-12-8-6-7-11(9-12)14(18)21/h6-10H,4-5H2,1-3H3,(H2,18,21)(H,19,20). The van der Waals surface area contributed by atoms with Gasteiger partial charge in [0, 0.05) is 16.6 Å². The van der Waals surface area contributed by atoms with Crippen LogP contribution in [-0.4, -0.2) is 24.0 Å². The summed E-state index contributed by atoms with van der Waals surface area (Å²) in [5, 5.41) is 5.65. The number of ether oxygens (including phenoxy) is 1. The lowest BCUT2D eigenvalue weighted by Gasteiger charge is -2.26. The largest absolute Gasteiger partial charge is 0.468 e. The first-order valence-corrected chi connectivity index (χ1v) is 8.56. The Labute approximate surface area is 145 Å². The molecule has 1 aromatic carbocycles. The van der Waals surface area contributed by atoms with E-state index in [2.05, 4.69) is 10.3 Å². The number of benzene rings is 1. The maximum Gasteiger partial charge on any atom is 0.317 e. The number of carbonyl (C=O) groups excluding carboxylic acids is 2. The first-order chi connectivity index (χ1) is 11.5. The molecule has 0 bridgehead atoms. The molecule has 1 amide bonds. The zero-order valence-electron chi connectivity index (χ0n) is 14.0. The predicted molar refractivity (Wildman–Crippen MR) is 94.6 cm³/mol. The molecule has 0 aliphatic rings. The van der Waals surface area contributed by atoms with Crippen molar-refractivity contribution in [1.29, 1.82) is 0 Å². The summed E-state index contributed by atoms with van der Waals surface area (Å²) >= 11 is 1.40. The summed E-state index contributed by atoms with van der Waals surface area (Å²) in [6.45, 7) is 3.90. The Balaban J connectivity index is 2.28. The molecular weight excluding hydrogens is 326 g/mol. The van der Waals surface area contributed by atoms with Crippen molar-refractivity contribution in [3.63, 3.8) is 0 Å². The van der Waals surface area contributed by atoms with Crippen molar-refractivity contribution < 1.29 is 14.3 Å². The first-order valence-electron chi connectivity index (χ1n) is 7.68. The van der Waals surface area contributed by atoms with Crippen LogP contribution in [0.2, 0.25) is 0 Å². The Morgan fingerprint density at radius 3 is 2.62 bits per heavy atom. The topological polar surface area (TPSA) is 94.3 Å². The van der Waals surface area contributed by atoms with E-state index >= 15 is 0 Å². The third-order valence-corrected chi connectivity index (χ3v) is 4.93. The van der Waals surface area contributed by atoms with E-state index in [-0.39, 0.29) is 5.97 Å². The highest BCUT2D eigenvalue weighted by molar-refractivity contribution is 7.13. The predicted octanol–water partition coefficient (Wildman–Crippen LogP) is 3.22. The van der Waals surface area contributed by atoms with Gasteiger partial charge in [0.25, 0.3) is 0 Å². The summed E-state index contributed by atoms with van der Waals surface area (Å²) in [5.41, 5.74) is 6.38. The Hall–Kier alpha value is -2.41. The highest BCUT2D eigenvalue weighted by Crippen LogP contribution is 2.35. The Morgan fingerprint density at radius 1 is 1.33 bits per heavy atom. The van der Waals surface area contributed by atoms with Crippen LogP contribution in [0.4, 0.5) is 10.8 Å². The van der Waals surface area contributed by atoms with Crippen molar-refractivity contribution in [1.82, 2.24) is 4.98 Å². The monoisotopic (exact) mass is 347 g/mol. The van der Waals surface area contributed by atoms with Crippen LogP contribution in [0.1, 0.15) is 42.7 Å². The summed E-state index contributed by atoms with van der Waals surface area (Å²) in [6, 6.07) is 6.88. The normalized spacial score (nSPS) is 11.1. The maximum atomic E-state index is 12.3. The molecule has 7 heteroatoms. The fourth-order valence-corrected chi connectivity index (χ4v) is 3.45. The summed E-state index contributed by atoms with van der Waals surface area (Å²) in [7, 11) is 1.39. The van der Waals surface area contributed by atoms with Gasteiger partial charge in [0.05, 0.1) is 12.8 Å². The van der Waals surface area contributed by atoms with Crippen LogP contribution >= 0.6 is 11.3 Å². The lowest BCUT2D eigenvalue weighted by molar-refractivity contribution is -0.148. The van der Waals surface area contributed by atoms with E-state index in [1.165, 1.54) is 18.4 Å². The van der Waals surface area contributed by atoms with Gasteiger partial charge >= 0.3 is 5.97 Å². The maximum absolute atomic E-state index is 12.3. The average molecular weight is 347 g/mol. The highest BCUT2D eigenvalue weighted by atomic mass is 32.1. The van der Waals surface area contributed by atoms with Gasteiger partial charge in [-0.05, 0) is 31.0 Å². The number of methoxy groups -OCH3 is 1. The number of amides is 1. The Kier molecular flexibility index (Phi) is 5.56. The SMILES string of the molecule is CCC(CC)(C(=O)OC)c1csc(Nc2cccc(C(N)=O)c2)n1. The summed E-state index contributed by atoms with van der Waals surface area (Å²) in [4.78, 5) is 28.1. The molecule has 3 N–H and O–H groups in total. The zero-order valence-corrected chi connectivity index (χ0v) is 14.8. The number of anilines is 2. The van der Waals surface area contributed by atoms with Gasteiger partial charge in [-0.15, -0.1) is 11.3 Å². The molecule has 0 aliphatic heterocycles. The van der Waals surface area contributed by atoms with Crippen LogP contribution in [0.15, 0.2) is 29.6 Å². The molecule has 2 aromatic rings. The second-order valence-corrected chi connectivity index (χ2v) is 6.25. The van der Waals surface area contributed by atoms with Crippen molar-refractivity contribution in [3.8, 4) is 0 Å². The van der Waals surface area contributed by atoms with Crippen LogP contribution < -0.4 is 11.1 Å². The number of hydrogen-bond acceptors (Lipinski definition) is 6. The molecule has 6 nitrogen and oxygen atoms in total. The minimum Gasteiger partial charge on any atom is -0.468 e. The summed E-state index contributed by atoms with van der Waals surface area (Å²) in [5.74, 6) is -0.764. The second-order valence-electron chi connectivity index (χ2n) is 5.39. The molecule has 0 unspecified atom stereocenters. The molecule has 1 aromatic heterocycles. The van der Waals surface area contributed by atoms with Crippen LogP contribution in [0, 0.1) is 0 Å². The molecule has 128 valence electrons. The average Bonchev–Trinajstić information content (AvgIpc) is 3.05. The summed E-state index contributed by atoms with van der Waals surface area (Å²) in [6.07, 6.45) is 1.22. The van der Waals surface area contributed by atoms with Crippen molar-refractivity contribution in [3.05, 3.63) is 40.9 Å². The molecule has 0 saturated carbocycles. The van der Waals surface area contributed by atoms with Crippen LogP contribution in [-0.2, 0) is 14.9 Å². The van der Waals surface area contributed by atoms with Gasteiger partial charge in [-0.2, -0.15) is 0 Å². The lowest BCUT2D eigenvalue weighted by Crippen LogP contribution is -2.36. The number of primary amides is 1. The molecule has 0 radical (unpaired) electrons. The van der Waals surface area contributed by atoms with Gasteiger partial charge in [-0.3, -0.25) is 9.59 Å². The molecule has 0 fully saturated rings. The van der Waals surface area contributed by atoms with E-state index in [0.717, 1.165) is 0 Å². The van der Waals surface area contributed by atoms with Crippen molar-refractivity contribution in [2.45, 2.75) is 32.1 Å². The third-order valence-electron chi connectivity index (χ3n) is 4.18. The van der Waals surface area contributed by atoms with Crippen molar-refractivity contribution >= 4 is 34.0 Å². The number of nitrogens with two attached hydrogens (primary N) is 1. The van der Waals surface area contributed by atoms with E-state index in [1.54, 1.807) is 18.2 Å². The van der Waals surface area contributed by atoms with Crippen LogP contribution in [0.5, 0.6) is 0 Å². The number of aromatic nitrogens is 1. The fraction of sp³-hybridized carbons (Fsp3) is 0.353. The van der Waals surface area contributed by atoms with Crippen LogP contribution in [0.3, 0.4) is 0 Å². The number of carbonyl (C=O) groups is 2. The molecule has 0 spiro atoms. The van der Waals surface area contributed by atoms with Gasteiger partial charge < -0.3 is 15.8 Å². The zero-order chi connectivity index (χ0) is 17.7. The van der Waals surface area contributed by atoms with Gasteiger partial charge in [0.15, 0.2) is 5.13 Å². The van der Waals surface area contributed by atoms with E-state index in [4.69, 9.17) is 10.5 Å². The number of nitrogens with zero attached hydrogens (tertiary/aromatic N) is 1. The fourth-order valence-electron chi connectivity index (χ4n) is 2.63. The van der Waals surface area contributed by atoms with E-state index in [1.807, 2.05) is 25.3 Å². The Morgan fingerprint density at radius 2 is 2.04 bits per heavy atom. The van der Waals surface area contributed by atoms with Gasteiger partial charge in [0.2, 0.25) is 5.91 Å². The smallest absolute Gasteiger partial charge is 0.317 e.